The quantitative estimate of drug-likeness (QED) is 0.847. The Hall–Kier alpha value is -2.87. The molecule has 2 rings (SSSR count). The molecule has 2 aromatic rings. The standard InChI is InChI=1S/C16H14FN3O/c17-15-7-6-14(9-12(15)10-18)20-16(21)8-3-11-1-4-13(19)5-2-11/h1-2,4-7,9H,3,8,19H2,(H,20,21). The van der Waals surface area contributed by atoms with Gasteiger partial charge in [0.25, 0.3) is 0 Å². The number of aryl methyl sites for hydroxylation is 1. The molecule has 5 heteroatoms. The molecule has 3 N–H and O–H groups in total. The molecule has 0 aliphatic rings. The Balaban J connectivity index is 1.93. The fourth-order valence-corrected chi connectivity index (χ4v) is 1.85. The molecule has 0 atom stereocenters. The van der Waals surface area contributed by atoms with Gasteiger partial charge in [-0.15, -0.1) is 0 Å². The molecule has 106 valence electrons. The lowest BCUT2D eigenvalue weighted by molar-refractivity contribution is -0.116. The summed E-state index contributed by atoms with van der Waals surface area (Å²) in [7, 11) is 0. The molecule has 0 aromatic heterocycles. The van der Waals surface area contributed by atoms with Crippen molar-refractivity contribution in [2.45, 2.75) is 12.8 Å². The average Bonchev–Trinajstić information content (AvgIpc) is 2.48. The number of nitrogens with one attached hydrogen (secondary N) is 1. The second kappa shape index (κ2) is 6.53. The van der Waals surface area contributed by atoms with Crippen molar-refractivity contribution in [3.63, 3.8) is 0 Å². The molecule has 1 amide bonds. The molecule has 0 radical (unpaired) electrons. The van der Waals surface area contributed by atoms with Gasteiger partial charge in [0, 0.05) is 17.8 Å². The Morgan fingerprint density at radius 1 is 1.24 bits per heavy atom. The van der Waals surface area contributed by atoms with Gasteiger partial charge in [-0.1, -0.05) is 12.1 Å². The second-order valence-electron chi connectivity index (χ2n) is 4.60. The van der Waals surface area contributed by atoms with Crippen molar-refractivity contribution in [3.05, 3.63) is 59.4 Å². The van der Waals surface area contributed by atoms with Gasteiger partial charge >= 0.3 is 0 Å². The fraction of sp³-hybridized carbons (Fsp3) is 0.125. The van der Waals surface area contributed by atoms with Gasteiger partial charge in [0.05, 0.1) is 5.56 Å². The third-order valence-electron chi connectivity index (χ3n) is 2.99. The summed E-state index contributed by atoms with van der Waals surface area (Å²) < 4.78 is 13.2. The number of hydrogen-bond donors (Lipinski definition) is 2. The highest BCUT2D eigenvalue weighted by Gasteiger charge is 2.06. The minimum Gasteiger partial charge on any atom is -0.399 e. The van der Waals surface area contributed by atoms with Crippen LogP contribution in [-0.4, -0.2) is 5.91 Å². The van der Waals surface area contributed by atoms with E-state index in [-0.39, 0.29) is 11.5 Å². The SMILES string of the molecule is N#Cc1cc(NC(=O)CCc2ccc(N)cc2)ccc1F. The maximum Gasteiger partial charge on any atom is 0.224 e. The van der Waals surface area contributed by atoms with Gasteiger partial charge in [-0.05, 0) is 42.3 Å². The van der Waals surface area contributed by atoms with E-state index in [1.165, 1.54) is 12.1 Å². The van der Waals surface area contributed by atoms with Crippen LogP contribution in [0.3, 0.4) is 0 Å². The summed E-state index contributed by atoms with van der Waals surface area (Å²) in [4.78, 5) is 11.8. The number of halogens is 1. The second-order valence-corrected chi connectivity index (χ2v) is 4.60. The number of hydrogen-bond acceptors (Lipinski definition) is 3. The summed E-state index contributed by atoms with van der Waals surface area (Å²) in [5, 5.41) is 11.4. The molecule has 0 spiro atoms. The molecule has 0 heterocycles. The van der Waals surface area contributed by atoms with Crippen LogP contribution >= 0.6 is 0 Å². The molecular formula is C16H14FN3O. The zero-order valence-corrected chi connectivity index (χ0v) is 11.3. The number of anilines is 2. The molecule has 0 unspecified atom stereocenters. The maximum absolute atomic E-state index is 13.2. The van der Waals surface area contributed by atoms with Gasteiger partial charge in [0.15, 0.2) is 0 Å². The molecule has 0 fully saturated rings. The van der Waals surface area contributed by atoms with E-state index in [1.807, 2.05) is 12.1 Å². The van der Waals surface area contributed by atoms with Crippen molar-refractivity contribution >= 4 is 17.3 Å². The number of carbonyl (C=O) groups is 1. The third-order valence-corrected chi connectivity index (χ3v) is 2.99. The first-order chi connectivity index (χ1) is 10.1. The summed E-state index contributed by atoms with van der Waals surface area (Å²) in [6.07, 6.45) is 0.877. The molecular weight excluding hydrogens is 269 g/mol. The summed E-state index contributed by atoms with van der Waals surface area (Å²) in [5.74, 6) is -0.792. The fourth-order valence-electron chi connectivity index (χ4n) is 1.85. The molecule has 4 nitrogen and oxygen atoms in total. The van der Waals surface area contributed by atoms with Crippen molar-refractivity contribution in [1.82, 2.24) is 0 Å². The van der Waals surface area contributed by atoms with Gasteiger partial charge in [-0.3, -0.25) is 4.79 Å². The van der Waals surface area contributed by atoms with E-state index in [0.29, 0.717) is 24.2 Å². The summed E-state index contributed by atoms with van der Waals surface area (Å²) in [6.45, 7) is 0. The van der Waals surface area contributed by atoms with E-state index in [4.69, 9.17) is 11.0 Å². The van der Waals surface area contributed by atoms with Crippen LogP contribution in [0.2, 0.25) is 0 Å². The van der Waals surface area contributed by atoms with Crippen molar-refractivity contribution in [1.29, 1.82) is 5.26 Å². The van der Waals surface area contributed by atoms with E-state index in [9.17, 15) is 9.18 Å². The Morgan fingerprint density at radius 3 is 2.62 bits per heavy atom. The van der Waals surface area contributed by atoms with Crippen molar-refractivity contribution in [2.24, 2.45) is 0 Å². The Morgan fingerprint density at radius 2 is 1.95 bits per heavy atom. The van der Waals surface area contributed by atoms with Gasteiger partial charge < -0.3 is 11.1 Å². The number of nitrogens with zero attached hydrogens (tertiary/aromatic N) is 1. The number of nitrogens with two attached hydrogens (primary N) is 1. The lowest BCUT2D eigenvalue weighted by Crippen LogP contribution is -2.12. The Kier molecular flexibility index (Phi) is 4.52. The number of amides is 1. The largest absolute Gasteiger partial charge is 0.399 e. The van der Waals surface area contributed by atoms with Crippen LogP contribution in [0.15, 0.2) is 42.5 Å². The molecule has 2 aromatic carbocycles. The zero-order chi connectivity index (χ0) is 15.2. The van der Waals surface area contributed by atoms with E-state index in [0.717, 1.165) is 11.6 Å². The molecule has 0 saturated carbocycles. The van der Waals surface area contributed by atoms with Crippen LogP contribution in [0, 0.1) is 17.1 Å². The Bertz CT molecular complexity index is 690. The normalized spacial score (nSPS) is 9.90. The molecule has 21 heavy (non-hydrogen) atoms. The Labute approximate surface area is 122 Å². The molecule has 0 aliphatic carbocycles. The number of nitrogen functional groups attached to an aromatic ring is 1. The summed E-state index contributed by atoms with van der Waals surface area (Å²) >= 11 is 0. The summed E-state index contributed by atoms with van der Waals surface area (Å²) in [5.41, 5.74) is 7.60. The van der Waals surface area contributed by atoms with Gasteiger partial charge in [0.1, 0.15) is 11.9 Å². The van der Waals surface area contributed by atoms with Crippen LogP contribution in [0.25, 0.3) is 0 Å². The van der Waals surface area contributed by atoms with Crippen LogP contribution in [0.1, 0.15) is 17.5 Å². The molecule has 0 bridgehead atoms. The first-order valence-electron chi connectivity index (χ1n) is 6.42. The van der Waals surface area contributed by atoms with E-state index in [2.05, 4.69) is 5.32 Å². The van der Waals surface area contributed by atoms with E-state index >= 15 is 0 Å². The van der Waals surface area contributed by atoms with E-state index in [1.54, 1.807) is 18.2 Å². The van der Waals surface area contributed by atoms with Gasteiger partial charge in [0.2, 0.25) is 5.91 Å². The first kappa shape index (κ1) is 14.5. The van der Waals surface area contributed by atoms with Gasteiger partial charge in [-0.2, -0.15) is 5.26 Å². The molecule has 0 aliphatic heterocycles. The predicted octanol–water partition coefficient (Wildman–Crippen LogP) is 2.85. The highest BCUT2D eigenvalue weighted by atomic mass is 19.1. The lowest BCUT2D eigenvalue weighted by Gasteiger charge is -2.06. The minimum atomic E-state index is -0.600. The average molecular weight is 283 g/mol. The zero-order valence-electron chi connectivity index (χ0n) is 11.3. The number of carbonyl (C=O) groups excluding carboxylic acids is 1. The highest BCUT2D eigenvalue weighted by Crippen LogP contribution is 2.14. The van der Waals surface area contributed by atoms with Crippen LogP contribution in [0.4, 0.5) is 15.8 Å². The number of benzene rings is 2. The van der Waals surface area contributed by atoms with E-state index < -0.39 is 5.82 Å². The summed E-state index contributed by atoms with van der Waals surface area (Å²) in [6, 6.07) is 12.9. The van der Waals surface area contributed by atoms with Crippen molar-refractivity contribution in [2.75, 3.05) is 11.1 Å². The topological polar surface area (TPSA) is 78.9 Å². The monoisotopic (exact) mass is 283 g/mol. The van der Waals surface area contributed by atoms with Gasteiger partial charge in [-0.25, -0.2) is 4.39 Å². The van der Waals surface area contributed by atoms with Crippen LogP contribution in [-0.2, 0) is 11.2 Å². The minimum absolute atomic E-state index is 0.0914. The predicted molar refractivity (Wildman–Crippen MR) is 78.9 cm³/mol. The van der Waals surface area contributed by atoms with Crippen molar-refractivity contribution in [3.8, 4) is 6.07 Å². The van der Waals surface area contributed by atoms with Crippen LogP contribution < -0.4 is 11.1 Å². The molecule has 0 saturated heterocycles. The highest BCUT2D eigenvalue weighted by molar-refractivity contribution is 5.91. The third kappa shape index (κ3) is 4.05. The number of rotatable bonds is 4. The lowest BCUT2D eigenvalue weighted by atomic mass is 10.1. The van der Waals surface area contributed by atoms with Crippen LogP contribution in [0.5, 0.6) is 0 Å². The smallest absolute Gasteiger partial charge is 0.224 e. The maximum atomic E-state index is 13.2. The number of nitriles is 1. The van der Waals surface area contributed by atoms with Crippen molar-refractivity contribution < 1.29 is 9.18 Å². The first-order valence-corrected chi connectivity index (χ1v) is 6.42.